The van der Waals surface area contributed by atoms with Crippen molar-refractivity contribution in [2.45, 2.75) is 11.8 Å². The first kappa shape index (κ1) is 23.3. The summed E-state index contributed by atoms with van der Waals surface area (Å²) in [4.78, 5) is 26.9. The monoisotopic (exact) mass is 495 g/mol. The number of piperazine rings is 1. The number of sulfonamides is 1. The van der Waals surface area contributed by atoms with E-state index in [1.54, 1.807) is 24.3 Å². The number of fused-ring (bicyclic) bond motifs is 2. The summed E-state index contributed by atoms with van der Waals surface area (Å²) < 4.78 is 38.5. The molecule has 3 aromatic carbocycles. The largest absolute Gasteiger partial charge is 0.454 e. The van der Waals surface area contributed by atoms with Crippen molar-refractivity contribution >= 4 is 38.2 Å². The first-order valence-electron chi connectivity index (χ1n) is 11.3. The van der Waals surface area contributed by atoms with Crippen LogP contribution in [-0.2, 0) is 14.8 Å². The van der Waals surface area contributed by atoms with Crippen molar-refractivity contribution < 1.29 is 27.5 Å². The quantitative estimate of drug-likeness (QED) is 0.524. The normalized spacial score (nSPS) is 16.4. The van der Waals surface area contributed by atoms with Gasteiger partial charge in [-0.1, -0.05) is 30.3 Å². The van der Waals surface area contributed by atoms with Gasteiger partial charge in [0.1, 0.15) is 0 Å². The van der Waals surface area contributed by atoms with E-state index in [-0.39, 0.29) is 43.0 Å². The van der Waals surface area contributed by atoms with E-state index in [1.807, 2.05) is 35.2 Å². The Morgan fingerprint density at radius 1 is 0.914 bits per heavy atom. The van der Waals surface area contributed by atoms with Crippen LogP contribution in [0.15, 0.2) is 59.5 Å². The van der Waals surface area contributed by atoms with Gasteiger partial charge in [-0.25, -0.2) is 8.42 Å². The molecule has 0 aromatic heterocycles. The number of nitrogens with one attached hydrogen (secondary N) is 1. The smallest absolute Gasteiger partial charge is 0.243 e. The maximum Gasteiger partial charge on any atom is 0.243 e. The van der Waals surface area contributed by atoms with Crippen molar-refractivity contribution in [3.63, 3.8) is 0 Å². The number of ketones is 1. The van der Waals surface area contributed by atoms with Crippen LogP contribution in [0.25, 0.3) is 10.8 Å². The third kappa shape index (κ3) is 4.72. The third-order valence-electron chi connectivity index (χ3n) is 6.22. The van der Waals surface area contributed by atoms with Gasteiger partial charge >= 0.3 is 0 Å². The molecule has 0 saturated carbocycles. The Morgan fingerprint density at radius 3 is 2.31 bits per heavy atom. The number of Topliss-reactive ketones (excluding diaryl/α,β-unsaturated/α-hetero) is 1. The SMILES string of the molecule is CC(=O)c1cc2c(cc1NC(=O)CN1CCN(S(=O)(=O)c3ccc4ccccc4c3)CC1)OCO2. The van der Waals surface area contributed by atoms with E-state index in [9.17, 15) is 18.0 Å². The van der Waals surface area contributed by atoms with Crippen LogP contribution < -0.4 is 14.8 Å². The highest BCUT2D eigenvalue weighted by atomic mass is 32.2. The summed E-state index contributed by atoms with van der Waals surface area (Å²) in [5.74, 6) is 0.443. The lowest BCUT2D eigenvalue weighted by atomic mass is 10.1. The lowest BCUT2D eigenvalue weighted by Gasteiger charge is -2.33. The van der Waals surface area contributed by atoms with Gasteiger partial charge in [0.25, 0.3) is 0 Å². The molecule has 35 heavy (non-hydrogen) atoms. The first-order valence-corrected chi connectivity index (χ1v) is 12.7. The van der Waals surface area contributed by atoms with Crippen molar-refractivity contribution in [1.82, 2.24) is 9.21 Å². The van der Waals surface area contributed by atoms with Crippen molar-refractivity contribution in [2.75, 3.05) is 44.8 Å². The average molecular weight is 496 g/mol. The van der Waals surface area contributed by atoms with Crippen molar-refractivity contribution in [2.24, 2.45) is 0 Å². The predicted octanol–water partition coefficient (Wildman–Crippen LogP) is 2.72. The number of carbonyl (C=O) groups excluding carboxylic acids is 2. The Morgan fingerprint density at radius 2 is 1.60 bits per heavy atom. The molecule has 2 aliphatic heterocycles. The number of hydrogen-bond acceptors (Lipinski definition) is 7. The van der Waals surface area contributed by atoms with Gasteiger partial charge in [-0.05, 0) is 35.9 Å². The summed E-state index contributed by atoms with van der Waals surface area (Å²) in [5.41, 5.74) is 0.707. The van der Waals surface area contributed by atoms with Gasteiger partial charge in [0.2, 0.25) is 22.7 Å². The molecule has 182 valence electrons. The number of hydrogen-bond donors (Lipinski definition) is 1. The molecule has 5 rings (SSSR count). The maximum atomic E-state index is 13.2. The summed E-state index contributed by atoms with van der Waals surface area (Å²) in [7, 11) is -3.63. The minimum absolute atomic E-state index is 0.0659. The van der Waals surface area contributed by atoms with Crippen LogP contribution in [0.3, 0.4) is 0 Å². The standard InChI is InChI=1S/C25H25N3O6S/c1-17(29)21-13-23-24(34-16-33-23)14-22(21)26-25(30)15-27-8-10-28(11-9-27)35(31,32)20-7-6-18-4-2-3-5-19(18)12-20/h2-7,12-14H,8-11,15-16H2,1H3,(H,26,30). The molecule has 0 atom stereocenters. The molecular weight excluding hydrogens is 470 g/mol. The van der Waals surface area contributed by atoms with Crippen LogP contribution in [0, 0.1) is 0 Å². The molecule has 3 aromatic rings. The zero-order chi connectivity index (χ0) is 24.6. The maximum absolute atomic E-state index is 13.2. The van der Waals surface area contributed by atoms with Gasteiger partial charge in [0, 0.05) is 37.8 Å². The topological polar surface area (TPSA) is 105 Å². The summed E-state index contributed by atoms with van der Waals surface area (Å²) in [6.07, 6.45) is 0. The van der Waals surface area contributed by atoms with Gasteiger partial charge in [0.15, 0.2) is 17.3 Å². The Kier molecular flexibility index (Phi) is 6.18. The molecule has 0 spiro atoms. The minimum atomic E-state index is -3.63. The van der Waals surface area contributed by atoms with Gasteiger partial charge in [0.05, 0.1) is 17.1 Å². The molecule has 2 aliphatic rings. The van der Waals surface area contributed by atoms with E-state index < -0.39 is 10.0 Å². The molecule has 0 aliphatic carbocycles. The zero-order valence-corrected chi connectivity index (χ0v) is 20.0. The van der Waals surface area contributed by atoms with E-state index in [1.165, 1.54) is 11.2 Å². The Balaban J connectivity index is 1.21. The molecule has 0 bridgehead atoms. The molecule has 0 unspecified atom stereocenters. The molecular formula is C25H25N3O6S. The number of ether oxygens (including phenoxy) is 2. The number of rotatable bonds is 6. The first-order chi connectivity index (χ1) is 16.8. The molecule has 1 N–H and O–H groups in total. The van der Waals surface area contributed by atoms with Gasteiger partial charge in [-0.3, -0.25) is 14.5 Å². The van der Waals surface area contributed by atoms with E-state index in [0.717, 1.165) is 10.8 Å². The molecule has 10 heteroatoms. The van der Waals surface area contributed by atoms with E-state index >= 15 is 0 Å². The lowest BCUT2D eigenvalue weighted by Crippen LogP contribution is -2.50. The van der Waals surface area contributed by atoms with E-state index in [2.05, 4.69) is 5.32 Å². The number of nitrogens with zero attached hydrogens (tertiary/aromatic N) is 2. The summed E-state index contributed by atoms with van der Waals surface area (Å²) >= 11 is 0. The second kappa shape index (κ2) is 9.29. The molecule has 2 heterocycles. The number of amides is 1. The predicted molar refractivity (Wildman–Crippen MR) is 130 cm³/mol. The zero-order valence-electron chi connectivity index (χ0n) is 19.2. The van der Waals surface area contributed by atoms with Crippen LogP contribution in [0.4, 0.5) is 5.69 Å². The molecule has 1 saturated heterocycles. The Bertz CT molecular complexity index is 1410. The molecule has 1 amide bonds. The Labute approximate surface area is 203 Å². The fourth-order valence-corrected chi connectivity index (χ4v) is 5.79. The van der Waals surface area contributed by atoms with E-state index in [4.69, 9.17) is 9.47 Å². The van der Waals surface area contributed by atoms with Gasteiger partial charge < -0.3 is 14.8 Å². The number of benzene rings is 3. The second-order valence-electron chi connectivity index (χ2n) is 8.54. The van der Waals surface area contributed by atoms with Crippen LogP contribution in [-0.4, -0.2) is 68.8 Å². The summed E-state index contributed by atoms with van der Waals surface area (Å²) in [5, 5.41) is 4.64. The van der Waals surface area contributed by atoms with Crippen molar-refractivity contribution in [3.05, 3.63) is 60.2 Å². The number of anilines is 1. The van der Waals surface area contributed by atoms with E-state index in [0.29, 0.717) is 35.8 Å². The third-order valence-corrected chi connectivity index (χ3v) is 8.12. The number of carbonyl (C=O) groups is 2. The van der Waals surface area contributed by atoms with Gasteiger partial charge in [-0.2, -0.15) is 4.31 Å². The Hall–Kier alpha value is -3.47. The van der Waals surface area contributed by atoms with Gasteiger partial charge in [-0.15, -0.1) is 0 Å². The molecule has 9 nitrogen and oxygen atoms in total. The van der Waals surface area contributed by atoms with Crippen molar-refractivity contribution in [1.29, 1.82) is 0 Å². The fourth-order valence-electron chi connectivity index (χ4n) is 4.33. The average Bonchev–Trinajstić information content (AvgIpc) is 3.31. The van der Waals surface area contributed by atoms with Crippen LogP contribution in [0.1, 0.15) is 17.3 Å². The summed E-state index contributed by atoms with van der Waals surface area (Å²) in [6, 6.07) is 15.9. The summed E-state index contributed by atoms with van der Waals surface area (Å²) in [6.45, 7) is 2.96. The van der Waals surface area contributed by atoms with Crippen LogP contribution in [0.2, 0.25) is 0 Å². The second-order valence-corrected chi connectivity index (χ2v) is 10.5. The highest BCUT2D eigenvalue weighted by molar-refractivity contribution is 7.89. The highest BCUT2D eigenvalue weighted by Crippen LogP contribution is 2.37. The lowest BCUT2D eigenvalue weighted by molar-refractivity contribution is -0.117. The van der Waals surface area contributed by atoms with Crippen LogP contribution >= 0.6 is 0 Å². The minimum Gasteiger partial charge on any atom is -0.454 e. The molecule has 0 radical (unpaired) electrons. The molecule has 1 fully saturated rings. The highest BCUT2D eigenvalue weighted by Gasteiger charge is 2.29. The van der Waals surface area contributed by atoms with Crippen LogP contribution in [0.5, 0.6) is 11.5 Å². The van der Waals surface area contributed by atoms with Crippen molar-refractivity contribution in [3.8, 4) is 11.5 Å². The fraction of sp³-hybridized carbons (Fsp3) is 0.280.